The molecule has 3 aromatic rings. The summed E-state index contributed by atoms with van der Waals surface area (Å²) in [5, 5.41) is 2.86. The Balaban J connectivity index is 1.67. The number of pyridine rings is 1. The predicted octanol–water partition coefficient (Wildman–Crippen LogP) is 5.48. The highest BCUT2D eigenvalue weighted by Gasteiger charge is 2.09. The molecule has 0 aliphatic carbocycles. The molecular formula is C22H21FN2O. The number of aromatic nitrogens is 1. The molecule has 0 atom stereocenters. The number of rotatable bonds is 6. The van der Waals surface area contributed by atoms with Crippen molar-refractivity contribution < 1.29 is 9.18 Å². The van der Waals surface area contributed by atoms with Crippen LogP contribution >= 0.6 is 0 Å². The SMILES string of the molecule is CCCCc1ccc(NC(=O)c2ccc(-c3ccccc3F)nc2)cc1. The van der Waals surface area contributed by atoms with E-state index in [1.807, 2.05) is 24.3 Å². The number of anilines is 1. The quantitative estimate of drug-likeness (QED) is 0.641. The molecule has 1 aromatic heterocycles. The standard InChI is InChI=1S/C22H21FN2O/c1-2-3-6-16-9-12-18(13-10-16)25-22(26)17-11-14-21(24-15-17)19-7-4-5-8-20(19)23/h4-5,7-15H,2-3,6H2,1H3,(H,25,26). The highest BCUT2D eigenvalue weighted by atomic mass is 19.1. The highest BCUT2D eigenvalue weighted by molar-refractivity contribution is 6.04. The van der Waals surface area contributed by atoms with Gasteiger partial charge in [0.2, 0.25) is 0 Å². The first-order chi connectivity index (χ1) is 12.7. The van der Waals surface area contributed by atoms with Gasteiger partial charge in [0.15, 0.2) is 0 Å². The molecular weight excluding hydrogens is 327 g/mol. The number of nitrogens with zero attached hydrogens (tertiary/aromatic N) is 1. The van der Waals surface area contributed by atoms with E-state index in [9.17, 15) is 9.18 Å². The second-order valence-corrected chi connectivity index (χ2v) is 6.17. The minimum Gasteiger partial charge on any atom is -0.322 e. The maximum Gasteiger partial charge on any atom is 0.257 e. The van der Waals surface area contributed by atoms with E-state index >= 15 is 0 Å². The van der Waals surface area contributed by atoms with Gasteiger partial charge in [0.05, 0.1) is 11.3 Å². The fraction of sp³-hybridized carbons (Fsp3) is 0.182. The van der Waals surface area contributed by atoms with Gasteiger partial charge in [0.1, 0.15) is 5.82 Å². The first-order valence-electron chi connectivity index (χ1n) is 8.78. The summed E-state index contributed by atoms with van der Waals surface area (Å²) in [6.45, 7) is 2.17. The summed E-state index contributed by atoms with van der Waals surface area (Å²) in [6, 6.07) is 17.6. The van der Waals surface area contributed by atoms with Crippen LogP contribution in [0.4, 0.5) is 10.1 Å². The lowest BCUT2D eigenvalue weighted by Gasteiger charge is -2.07. The maximum atomic E-state index is 13.8. The predicted molar refractivity (Wildman–Crippen MR) is 103 cm³/mol. The monoisotopic (exact) mass is 348 g/mol. The summed E-state index contributed by atoms with van der Waals surface area (Å²) >= 11 is 0. The van der Waals surface area contributed by atoms with E-state index in [0.29, 0.717) is 16.8 Å². The Labute approximate surface area is 152 Å². The van der Waals surface area contributed by atoms with Gasteiger partial charge in [-0.05, 0) is 54.8 Å². The van der Waals surface area contributed by atoms with Gasteiger partial charge in [-0.15, -0.1) is 0 Å². The van der Waals surface area contributed by atoms with Crippen LogP contribution in [0.5, 0.6) is 0 Å². The van der Waals surface area contributed by atoms with Crippen LogP contribution in [0.3, 0.4) is 0 Å². The maximum absolute atomic E-state index is 13.8. The topological polar surface area (TPSA) is 42.0 Å². The summed E-state index contributed by atoms with van der Waals surface area (Å²) < 4.78 is 13.8. The lowest BCUT2D eigenvalue weighted by atomic mass is 10.1. The molecule has 0 radical (unpaired) electrons. The first-order valence-corrected chi connectivity index (χ1v) is 8.78. The van der Waals surface area contributed by atoms with Crippen LogP contribution in [-0.4, -0.2) is 10.9 Å². The summed E-state index contributed by atoms with van der Waals surface area (Å²) in [5.74, 6) is -0.570. The zero-order valence-electron chi connectivity index (χ0n) is 14.7. The molecule has 1 heterocycles. The second kappa shape index (κ2) is 8.39. The van der Waals surface area contributed by atoms with Crippen molar-refractivity contribution in [3.63, 3.8) is 0 Å². The normalized spacial score (nSPS) is 10.5. The van der Waals surface area contributed by atoms with Crippen molar-refractivity contribution >= 4 is 11.6 Å². The minimum absolute atomic E-state index is 0.237. The fourth-order valence-electron chi connectivity index (χ4n) is 2.70. The molecule has 0 saturated carbocycles. The van der Waals surface area contributed by atoms with Gasteiger partial charge >= 0.3 is 0 Å². The largest absolute Gasteiger partial charge is 0.322 e. The molecule has 1 N–H and O–H groups in total. The molecule has 0 spiro atoms. The van der Waals surface area contributed by atoms with E-state index < -0.39 is 0 Å². The molecule has 132 valence electrons. The number of aryl methyl sites for hydroxylation is 1. The molecule has 0 fully saturated rings. The van der Waals surface area contributed by atoms with Crippen molar-refractivity contribution in [1.29, 1.82) is 0 Å². The number of amides is 1. The average Bonchev–Trinajstić information content (AvgIpc) is 2.68. The van der Waals surface area contributed by atoms with Crippen molar-refractivity contribution in [3.05, 3.63) is 83.8 Å². The van der Waals surface area contributed by atoms with Crippen LogP contribution in [-0.2, 0) is 6.42 Å². The number of hydrogen-bond donors (Lipinski definition) is 1. The zero-order chi connectivity index (χ0) is 18.4. The highest BCUT2D eigenvalue weighted by Crippen LogP contribution is 2.20. The van der Waals surface area contributed by atoms with Crippen LogP contribution in [0.2, 0.25) is 0 Å². The molecule has 3 nitrogen and oxygen atoms in total. The van der Waals surface area contributed by atoms with Gasteiger partial charge in [-0.3, -0.25) is 9.78 Å². The molecule has 0 aliphatic rings. The summed E-state index contributed by atoms with van der Waals surface area (Å²) in [5.41, 5.74) is 3.36. The van der Waals surface area contributed by atoms with E-state index in [1.54, 1.807) is 30.3 Å². The van der Waals surface area contributed by atoms with Crippen LogP contribution in [0.1, 0.15) is 35.7 Å². The summed E-state index contributed by atoms with van der Waals surface area (Å²) in [7, 11) is 0. The molecule has 2 aromatic carbocycles. The number of nitrogens with one attached hydrogen (secondary N) is 1. The first kappa shape index (κ1) is 17.8. The smallest absolute Gasteiger partial charge is 0.257 e. The van der Waals surface area contributed by atoms with E-state index in [0.717, 1.165) is 24.9 Å². The molecule has 1 amide bonds. The van der Waals surface area contributed by atoms with Gasteiger partial charge in [-0.1, -0.05) is 37.6 Å². The van der Waals surface area contributed by atoms with Gasteiger partial charge < -0.3 is 5.32 Å². The van der Waals surface area contributed by atoms with Crippen LogP contribution < -0.4 is 5.32 Å². The fourth-order valence-corrected chi connectivity index (χ4v) is 2.70. The van der Waals surface area contributed by atoms with Crippen molar-refractivity contribution in [2.75, 3.05) is 5.32 Å². The van der Waals surface area contributed by atoms with E-state index in [1.165, 1.54) is 17.8 Å². The van der Waals surface area contributed by atoms with Crippen LogP contribution in [0.25, 0.3) is 11.3 Å². The van der Waals surface area contributed by atoms with Gasteiger partial charge in [0, 0.05) is 17.4 Å². The zero-order valence-corrected chi connectivity index (χ0v) is 14.7. The Morgan fingerprint density at radius 1 is 1.04 bits per heavy atom. The molecule has 26 heavy (non-hydrogen) atoms. The Kier molecular flexibility index (Phi) is 5.74. The van der Waals surface area contributed by atoms with Gasteiger partial charge in [0.25, 0.3) is 5.91 Å². The lowest BCUT2D eigenvalue weighted by Crippen LogP contribution is -2.12. The average molecular weight is 348 g/mol. The minimum atomic E-state index is -0.333. The number of carbonyl (C=O) groups is 1. The van der Waals surface area contributed by atoms with Crippen molar-refractivity contribution in [3.8, 4) is 11.3 Å². The van der Waals surface area contributed by atoms with E-state index in [-0.39, 0.29) is 11.7 Å². The Bertz CT molecular complexity index is 873. The van der Waals surface area contributed by atoms with Crippen LogP contribution in [0.15, 0.2) is 66.9 Å². The van der Waals surface area contributed by atoms with Gasteiger partial charge in [-0.2, -0.15) is 0 Å². The Morgan fingerprint density at radius 2 is 1.81 bits per heavy atom. The summed E-state index contributed by atoms with van der Waals surface area (Å²) in [6.07, 6.45) is 4.83. The van der Waals surface area contributed by atoms with Crippen molar-refractivity contribution in [1.82, 2.24) is 4.98 Å². The van der Waals surface area contributed by atoms with Crippen LogP contribution in [0, 0.1) is 5.82 Å². The summed E-state index contributed by atoms with van der Waals surface area (Å²) in [4.78, 5) is 16.6. The van der Waals surface area contributed by atoms with Gasteiger partial charge in [-0.25, -0.2) is 4.39 Å². The number of unbranched alkanes of at least 4 members (excludes halogenated alkanes) is 1. The van der Waals surface area contributed by atoms with Crippen molar-refractivity contribution in [2.45, 2.75) is 26.2 Å². The third-order valence-electron chi connectivity index (χ3n) is 4.21. The van der Waals surface area contributed by atoms with E-state index in [4.69, 9.17) is 0 Å². The lowest BCUT2D eigenvalue weighted by molar-refractivity contribution is 0.102. The molecule has 0 bridgehead atoms. The third-order valence-corrected chi connectivity index (χ3v) is 4.21. The molecule has 3 rings (SSSR count). The number of hydrogen-bond acceptors (Lipinski definition) is 2. The van der Waals surface area contributed by atoms with E-state index in [2.05, 4.69) is 17.2 Å². The van der Waals surface area contributed by atoms with Crippen molar-refractivity contribution in [2.24, 2.45) is 0 Å². The second-order valence-electron chi connectivity index (χ2n) is 6.17. The third kappa shape index (κ3) is 4.33. The number of carbonyl (C=O) groups excluding carboxylic acids is 1. The Morgan fingerprint density at radius 3 is 2.46 bits per heavy atom. The Hall–Kier alpha value is -3.01. The molecule has 0 unspecified atom stereocenters. The number of halogens is 1. The molecule has 0 aliphatic heterocycles. The number of benzene rings is 2. The molecule has 4 heteroatoms. The molecule has 0 saturated heterocycles.